The summed E-state index contributed by atoms with van der Waals surface area (Å²) in [5.74, 6) is 0.0316. The summed E-state index contributed by atoms with van der Waals surface area (Å²) < 4.78 is 17.2. The van der Waals surface area contributed by atoms with Crippen LogP contribution >= 0.6 is 11.6 Å². The Morgan fingerprint density at radius 2 is 1.60 bits per heavy atom. The number of carbonyl (C=O) groups excluding carboxylic acids is 2. The van der Waals surface area contributed by atoms with Crippen LogP contribution in [0, 0.1) is 6.92 Å². The van der Waals surface area contributed by atoms with Crippen LogP contribution in [0.25, 0.3) is 11.0 Å². The third-order valence-corrected chi connectivity index (χ3v) is 8.67. The Morgan fingerprint density at radius 1 is 0.837 bits per heavy atom. The lowest BCUT2D eigenvalue weighted by Crippen LogP contribution is -2.52. The fourth-order valence-corrected chi connectivity index (χ4v) is 6.61. The first-order valence-electron chi connectivity index (χ1n) is 13.8. The first kappa shape index (κ1) is 25.6. The van der Waals surface area contributed by atoms with E-state index in [-0.39, 0.29) is 42.2 Å². The molecule has 1 atom stereocenters. The number of benzene rings is 4. The number of para-hydroxylation sites is 1. The van der Waals surface area contributed by atoms with Gasteiger partial charge in [-0.05, 0) is 54.4 Å². The average molecular weight is 591 g/mol. The summed E-state index contributed by atoms with van der Waals surface area (Å²) in [6.07, 6.45) is 0. The van der Waals surface area contributed by atoms with Crippen LogP contribution in [0.2, 0.25) is 5.02 Å². The average Bonchev–Trinajstić information content (AvgIpc) is 3.65. The number of anilines is 1. The molecule has 4 heterocycles. The van der Waals surface area contributed by atoms with Gasteiger partial charge in [-0.25, -0.2) is 0 Å². The molecule has 0 aliphatic carbocycles. The zero-order chi connectivity index (χ0) is 29.5. The second-order valence-electron chi connectivity index (χ2n) is 11.0. The van der Waals surface area contributed by atoms with Gasteiger partial charge in [-0.1, -0.05) is 65.7 Å². The molecule has 0 bridgehead atoms. The molecule has 8 rings (SSSR count). The summed E-state index contributed by atoms with van der Waals surface area (Å²) in [6, 6.07) is 25.3. The van der Waals surface area contributed by atoms with Crippen LogP contribution in [0.5, 0.6) is 11.5 Å². The van der Waals surface area contributed by atoms with Crippen molar-refractivity contribution in [3.63, 3.8) is 0 Å². The van der Waals surface area contributed by atoms with E-state index >= 15 is 0 Å². The summed E-state index contributed by atoms with van der Waals surface area (Å²) in [5, 5.41) is 0.542. The van der Waals surface area contributed by atoms with Gasteiger partial charge in [-0.3, -0.25) is 14.4 Å². The molecule has 2 amide bonds. The predicted molar refractivity (Wildman–Crippen MR) is 160 cm³/mol. The first-order valence-corrected chi connectivity index (χ1v) is 14.2. The second kappa shape index (κ2) is 9.21. The maximum absolute atomic E-state index is 15.0. The van der Waals surface area contributed by atoms with Gasteiger partial charge in [0, 0.05) is 17.1 Å². The number of amides is 2. The molecule has 3 aliphatic heterocycles. The fourth-order valence-electron chi connectivity index (χ4n) is 6.44. The maximum Gasteiger partial charge on any atom is 0.291 e. The van der Waals surface area contributed by atoms with Gasteiger partial charge in [0.05, 0.1) is 23.2 Å². The van der Waals surface area contributed by atoms with Crippen molar-refractivity contribution in [2.45, 2.75) is 25.6 Å². The molecule has 9 heteroatoms. The van der Waals surface area contributed by atoms with Gasteiger partial charge in [0.2, 0.25) is 12.6 Å². The number of ether oxygens (including phenoxy) is 2. The Labute approximate surface area is 250 Å². The highest BCUT2D eigenvalue weighted by Crippen LogP contribution is 2.53. The molecule has 0 radical (unpaired) electrons. The minimum Gasteiger partial charge on any atom is -0.454 e. The largest absolute Gasteiger partial charge is 0.454 e. The highest BCUT2D eigenvalue weighted by Gasteiger charge is 2.65. The Morgan fingerprint density at radius 3 is 2.44 bits per heavy atom. The van der Waals surface area contributed by atoms with Crippen LogP contribution in [-0.2, 0) is 23.4 Å². The molecule has 0 N–H and O–H groups in total. The molecule has 4 aromatic carbocycles. The smallest absolute Gasteiger partial charge is 0.291 e. The number of halogens is 1. The van der Waals surface area contributed by atoms with Crippen molar-refractivity contribution in [2.24, 2.45) is 0 Å². The molecule has 3 aliphatic rings. The van der Waals surface area contributed by atoms with Gasteiger partial charge in [0.1, 0.15) is 5.58 Å². The van der Waals surface area contributed by atoms with E-state index in [1.807, 2.05) is 55.5 Å². The van der Waals surface area contributed by atoms with E-state index < -0.39 is 22.8 Å². The predicted octanol–water partition coefficient (Wildman–Crippen LogP) is 5.93. The van der Waals surface area contributed by atoms with E-state index in [1.165, 1.54) is 11.0 Å². The molecule has 8 nitrogen and oxygen atoms in total. The minimum absolute atomic E-state index is 0.00290. The summed E-state index contributed by atoms with van der Waals surface area (Å²) in [7, 11) is 0. The summed E-state index contributed by atoms with van der Waals surface area (Å²) in [4.78, 5) is 46.8. The van der Waals surface area contributed by atoms with Gasteiger partial charge in [0.15, 0.2) is 22.5 Å². The Bertz CT molecular complexity index is 2070. The normalized spacial score (nSPS) is 18.2. The second-order valence-corrected chi connectivity index (χ2v) is 11.4. The van der Waals surface area contributed by atoms with Gasteiger partial charge in [0.25, 0.3) is 11.8 Å². The number of aryl methyl sites for hydroxylation is 1. The zero-order valence-corrected chi connectivity index (χ0v) is 23.7. The van der Waals surface area contributed by atoms with E-state index in [4.69, 9.17) is 25.5 Å². The van der Waals surface area contributed by atoms with Crippen LogP contribution in [-0.4, -0.2) is 23.5 Å². The van der Waals surface area contributed by atoms with Gasteiger partial charge in [-0.2, -0.15) is 0 Å². The van der Waals surface area contributed by atoms with Crippen LogP contribution in [0.3, 0.4) is 0 Å². The van der Waals surface area contributed by atoms with E-state index in [0.717, 1.165) is 11.1 Å². The molecule has 0 fully saturated rings. The Balaban J connectivity index is 1.38. The molecule has 212 valence electrons. The van der Waals surface area contributed by atoms with E-state index in [9.17, 15) is 14.4 Å². The first-order chi connectivity index (χ1) is 20.9. The van der Waals surface area contributed by atoms with E-state index in [1.54, 1.807) is 35.2 Å². The van der Waals surface area contributed by atoms with Crippen LogP contribution < -0.4 is 19.8 Å². The molecule has 1 spiro atoms. The summed E-state index contributed by atoms with van der Waals surface area (Å²) >= 11 is 6.28. The molecule has 0 saturated heterocycles. The number of nitrogens with zero attached hydrogens (tertiary/aromatic N) is 2. The molecule has 43 heavy (non-hydrogen) atoms. The lowest BCUT2D eigenvalue weighted by atomic mass is 9.83. The lowest BCUT2D eigenvalue weighted by Gasteiger charge is -2.34. The van der Waals surface area contributed by atoms with Crippen molar-refractivity contribution >= 4 is 40.1 Å². The molecule has 1 unspecified atom stereocenters. The molecular weight excluding hydrogens is 568 g/mol. The van der Waals surface area contributed by atoms with E-state index in [0.29, 0.717) is 33.3 Å². The Kier molecular flexibility index (Phi) is 5.49. The lowest BCUT2D eigenvalue weighted by molar-refractivity contribution is -0.126. The highest BCUT2D eigenvalue weighted by atomic mass is 35.5. The number of hydrogen-bond acceptors (Lipinski definition) is 6. The zero-order valence-electron chi connectivity index (χ0n) is 22.9. The van der Waals surface area contributed by atoms with Crippen LogP contribution in [0.1, 0.15) is 38.4 Å². The molecule has 5 aromatic rings. The van der Waals surface area contributed by atoms with Crippen LogP contribution in [0.15, 0.2) is 94.1 Å². The standard InChI is InChI=1S/C34H23ClN2O6/c1-19-6-8-20(9-7-19)16-36-25-5-3-2-4-24(25)34(33(36)40)29-30(38)23-15-22(35)11-13-26(23)43-31(29)32(39)37(34)17-21-10-12-27-28(14-21)42-18-41-27/h2-15H,16-18H2,1H3. The third kappa shape index (κ3) is 3.59. The van der Waals surface area contributed by atoms with Crippen molar-refractivity contribution in [1.29, 1.82) is 0 Å². The van der Waals surface area contributed by atoms with Gasteiger partial charge < -0.3 is 23.7 Å². The number of carbonyl (C=O) groups is 2. The van der Waals surface area contributed by atoms with Crippen molar-refractivity contribution < 1.29 is 23.5 Å². The number of fused-ring (bicyclic) bond motifs is 6. The SMILES string of the molecule is Cc1ccc(CN2C(=O)C3(c4ccccc42)c2c(oc4ccc(Cl)cc4c2=O)C(=O)N3Cc2ccc3c(c2)OCO3)cc1. The van der Waals surface area contributed by atoms with Crippen molar-refractivity contribution in [3.05, 3.63) is 134 Å². The van der Waals surface area contributed by atoms with Crippen molar-refractivity contribution in [1.82, 2.24) is 4.90 Å². The monoisotopic (exact) mass is 590 g/mol. The quantitative estimate of drug-likeness (QED) is 0.258. The molecule has 0 saturated carbocycles. The molecule has 1 aromatic heterocycles. The third-order valence-electron chi connectivity index (χ3n) is 8.44. The molecular formula is C34H23ClN2O6. The number of hydrogen-bond donors (Lipinski definition) is 0. The number of rotatable bonds is 4. The Hall–Kier alpha value is -5.08. The fraction of sp³-hybridized carbons (Fsp3) is 0.147. The van der Waals surface area contributed by atoms with Crippen LogP contribution in [0.4, 0.5) is 5.69 Å². The van der Waals surface area contributed by atoms with E-state index in [2.05, 4.69) is 0 Å². The topological polar surface area (TPSA) is 89.3 Å². The van der Waals surface area contributed by atoms with Crippen molar-refractivity contribution in [3.8, 4) is 11.5 Å². The summed E-state index contributed by atoms with van der Waals surface area (Å²) in [6.45, 7) is 2.36. The minimum atomic E-state index is -1.76. The summed E-state index contributed by atoms with van der Waals surface area (Å²) in [5.41, 5.74) is 1.85. The van der Waals surface area contributed by atoms with Gasteiger partial charge >= 0.3 is 0 Å². The van der Waals surface area contributed by atoms with Gasteiger partial charge in [-0.15, -0.1) is 0 Å². The maximum atomic E-state index is 15.0. The highest BCUT2D eigenvalue weighted by molar-refractivity contribution is 6.31. The van der Waals surface area contributed by atoms with Crippen molar-refractivity contribution in [2.75, 3.05) is 11.7 Å².